The summed E-state index contributed by atoms with van der Waals surface area (Å²) >= 11 is 0. The number of para-hydroxylation sites is 1. The van der Waals surface area contributed by atoms with Gasteiger partial charge in [0.1, 0.15) is 5.75 Å². The molecule has 0 aliphatic carbocycles. The van der Waals surface area contributed by atoms with Crippen LogP contribution in [0.2, 0.25) is 0 Å². The minimum absolute atomic E-state index is 0.0179. The number of methoxy groups -OCH3 is 1. The SMILES string of the molecule is COc1ccccc1-c1cnc2c(c1)OCC(=O)N2. The molecule has 0 unspecified atom stereocenters. The van der Waals surface area contributed by atoms with Crippen LogP contribution in [0.5, 0.6) is 11.5 Å². The molecule has 5 heteroatoms. The van der Waals surface area contributed by atoms with E-state index in [4.69, 9.17) is 9.47 Å². The molecule has 0 bridgehead atoms. The maximum atomic E-state index is 11.2. The Hall–Kier alpha value is -2.56. The third-order valence-corrected chi connectivity index (χ3v) is 2.89. The van der Waals surface area contributed by atoms with Crippen molar-refractivity contribution in [3.05, 3.63) is 36.5 Å². The molecule has 0 radical (unpaired) electrons. The molecule has 1 aliphatic rings. The Bertz CT molecular complexity index is 640. The first-order valence-electron chi connectivity index (χ1n) is 5.84. The number of nitrogens with zero attached hydrogens (tertiary/aromatic N) is 1. The Balaban J connectivity index is 2.05. The molecule has 0 saturated heterocycles. The lowest BCUT2D eigenvalue weighted by Gasteiger charge is -2.17. The molecule has 1 aromatic heterocycles. The van der Waals surface area contributed by atoms with E-state index in [9.17, 15) is 4.79 Å². The number of ether oxygens (including phenoxy) is 2. The maximum absolute atomic E-state index is 11.2. The molecule has 3 rings (SSSR count). The van der Waals surface area contributed by atoms with Crippen molar-refractivity contribution >= 4 is 11.7 Å². The molecule has 1 aromatic carbocycles. The highest BCUT2D eigenvalue weighted by Crippen LogP contribution is 2.34. The van der Waals surface area contributed by atoms with Crippen molar-refractivity contribution in [2.75, 3.05) is 19.0 Å². The molecule has 0 atom stereocenters. The summed E-state index contributed by atoms with van der Waals surface area (Å²) in [5, 5.41) is 2.66. The summed E-state index contributed by atoms with van der Waals surface area (Å²) in [7, 11) is 1.63. The van der Waals surface area contributed by atoms with Crippen LogP contribution in [-0.4, -0.2) is 24.6 Å². The molecule has 2 aromatic rings. The van der Waals surface area contributed by atoms with E-state index < -0.39 is 0 Å². The predicted molar refractivity (Wildman–Crippen MR) is 70.3 cm³/mol. The second kappa shape index (κ2) is 4.61. The van der Waals surface area contributed by atoms with E-state index in [0.29, 0.717) is 11.6 Å². The number of fused-ring (bicyclic) bond motifs is 1. The summed E-state index contributed by atoms with van der Waals surface area (Å²) in [6.07, 6.45) is 1.69. The lowest BCUT2D eigenvalue weighted by atomic mass is 10.1. The van der Waals surface area contributed by atoms with Gasteiger partial charge < -0.3 is 14.8 Å². The largest absolute Gasteiger partial charge is 0.496 e. The second-order valence-corrected chi connectivity index (χ2v) is 4.11. The molecule has 2 heterocycles. The minimum Gasteiger partial charge on any atom is -0.496 e. The van der Waals surface area contributed by atoms with Crippen molar-refractivity contribution < 1.29 is 14.3 Å². The summed E-state index contributed by atoms with van der Waals surface area (Å²) in [5.74, 6) is 1.60. The Labute approximate surface area is 110 Å². The van der Waals surface area contributed by atoms with E-state index in [2.05, 4.69) is 10.3 Å². The average Bonchev–Trinajstić information content (AvgIpc) is 2.46. The Kier molecular flexibility index (Phi) is 2.79. The highest BCUT2D eigenvalue weighted by atomic mass is 16.5. The quantitative estimate of drug-likeness (QED) is 0.893. The van der Waals surface area contributed by atoms with Crippen LogP contribution in [0.15, 0.2) is 36.5 Å². The summed E-state index contributed by atoms with van der Waals surface area (Å²) in [6.45, 7) is 0.0179. The van der Waals surface area contributed by atoms with Gasteiger partial charge in [0, 0.05) is 17.3 Å². The van der Waals surface area contributed by atoms with Crippen LogP contribution in [0.1, 0.15) is 0 Å². The zero-order valence-electron chi connectivity index (χ0n) is 10.3. The molecule has 19 heavy (non-hydrogen) atoms. The lowest BCUT2D eigenvalue weighted by Crippen LogP contribution is -2.26. The number of carbonyl (C=O) groups excluding carboxylic acids is 1. The zero-order chi connectivity index (χ0) is 13.2. The topological polar surface area (TPSA) is 60.5 Å². The van der Waals surface area contributed by atoms with E-state index in [1.165, 1.54) is 0 Å². The zero-order valence-corrected chi connectivity index (χ0v) is 10.3. The number of pyridine rings is 1. The van der Waals surface area contributed by atoms with Crippen LogP contribution < -0.4 is 14.8 Å². The van der Waals surface area contributed by atoms with E-state index in [0.717, 1.165) is 16.9 Å². The fourth-order valence-corrected chi connectivity index (χ4v) is 1.99. The Morgan fingerprint density at radius 2 is 2.21 bits per heavy atom. The molecule has 1 aliphatic heterocycles. The number of hydrogen-bond acceptors (Lipinski definition) is 4. The van der Waals surface area contributed by atoms with E-state index in [-0.39, 0.29) is 12.5 Å². The van der Waals surface area contributed by atoms with Crippen LogP contribution in [0, 0.1) is 0 Å². The standard InChI is InChI=1S/C14H12N2O3/c1-18-11-5-3-2-4-10(11)9-6-12-14(15-7-9)16-13(17)8-19-12/h2-7H,8H2,1H3,(H,15,16,17). The molecule has 96 valence electrons. The van der Waals surface area contributed by atoms with Crippen molar-refractivity contribution in [3.8, 4) is 22.6 Å². The fourth-order valence-electron chi connectivity index (χ4n) is 1.99. The van der Waals surface area contributed by atoms with Gasteiger partial charge in [0.05, 0.1) is 7.11 Å². The number of amides is 1. The predicted octanol–water partition coefficient (Wildman–Crippen LogP) is 2.09. The van der Waals surface area contributed by atoms with Gasteiger partial charge in [-0.05, 0) is 12.1 Å². The van der Waals surface area contributed by atoms with Gasteiger partial charge in [-0.2, -0.15) is 0 Å². The first-order chi connectivity index (χ1) is 9.28. The number of aromatic nitrogens is 1. The maximum Gasteiger partial charge on any atom is 0.263 e. The fraction of sp³-hybridized carbons (Fsp3) is 0.143. The summed E-state index contributed by atoms with van der Waals surface area (Å²) in [6, 6.07) is 9.52. The smallest absolute Gasteiger partial charge is 0.263 e. The highest BCUT2D eigenvalue weighted by molar-refractivity contribution is 5.94. The van der Waals surface area contributed by atoms with Crippen molar-refractivity contribution in [2.45, 2.75) is 0 Å². The minimum atomic E-state index is -0.190. The molecule has 5 nitrogen and oxygen atoms in total. The van der Waals surface area contributed by atoms with Gasteiger partial charge in [-0.15, -0.1) is 0 Å². The molecule has 1 amide bonds. The molecule has 1 N–H and O–H groups in total. The number of benzene rings is 1. The van der Waals surface area contributed by atoms with Crippen LogP contribution >= 0.6 is 0 Å². The van der Waals surface area contributed by atoms with E-state index >= 15 is 0 Å². The van der Waals surface area contributed by atoms with Crippen LogP contribution in [0.4, 0.5) is 5.82 Å². The van der Waals surface area contributed by atoms with Gasteiger partial charge in [-0.25, -0.2) is 4.98 Å². The third kappa shape index (κ3) is 2.10. The van der Waals surface area contributed by atoms with Gasteiger partial charge >= 0.3 is 0 Å². The van der Waals surface area contributed by atoms with Crippen molar-refractivity contribution in [2.24, 2.45) is 0 Å². The second-order valence-electron chi connectivity index (χ2n) is 4.11. The number of carbonyl (C=O) groups is 1. The molecule has 0 fully saturated rings. The number of hydrogen-bond donors (Lipinski definition) is 1. The molecule has 0 saturated carbocycles. The Morgan fingerprint density at radius 3 is 3.05 bits per heavy atom. The van der Waals surface area contributed by atoms with Gasteiger partial charge in [0.25, 0.3) is 5.91 Å². The summed E-state index contributed by atoms with van der Waals surface area (Å²) in [5.41, 5.74) is 1.81. The average molecular weight is 256 g/mol. The summed E-state index contributed by atoms with van der Waals surface area (Å²) < 4.78 is 10.7. The number of rotatable bonds is 2. The number of nitrogens with one attached hydrogen (secondary N) is 1. The van der Waals surface area contributed by atoms with Crippen LogP contribution in [0.3, 0.4) is 0 Å². The van der Waals surface area contributed by atoms with Crippen LogP contribution in [-0.2, 0) is 4.79 Å². The first kappa shape index (κ1) is 11.5. The van der Waals surface area contributed by atoms with Crippen molar-refractivity contribution in [1.29, 1.82) is 0 Å². The van der Waals surface area contributed by atoms with E-state index in [1.807, 2.05) is 30.3 Å². The summed E-state index contributed by atoms with van der Waals surface area (Å²) in [4.78, 5) is 15.4. The van der Waals surface area contributed by atoms with Gasteiger partial charge in [0.2, 0.25) is 0 Å². The molecular formula is C14H12N2O3. The molecule has 0 spiro atoms. The highest BCUT2D eigenvalue weighted by Gasteiger charge is 2.18. The monoisotopic (exact) mass is 256 g/mol. The molecular weight excluding hydrogens is 244 g/mol. The number of anilines is 1. The normalized spacial score (nSPS) is 13.2. The lowest BCUT2D eigenvalue weighted by molar-refractivity contribution is -0.118. The van der Waals surface area contributed by atoms with Crippen molar-refractivity contribution in [3.63, 3.8) is 0 Å². The Morgan fingerprint density at radius 1 is 1.37 bits per heavy atom. The van der Waals surface area contributed by atoms with Gasteiger partial charge in [0.15, 0.2) is 18.2 Å². The van der Waals surface area contributed by atoms with Gasteiger partial charge in [-0.3, -0.25) is 4.79 Å². The third-order valence-electron chi connectivity index (χ3n) is 2.89. The van der Waals surface area contributed by atoms with E-state index in [1.54, 1.807) is 13.3 Å². The first-order valence-corrected chi connectivity index (χ1v) is 5.84. The van der Waals surface area contributed by atoms with Crippen molar-refractivity contribution in [1.82, 2.24) is 4.98 Å². The van der Waals surface area contributed by atoms with Crippen LogP contribution in [0.25, 0.3) is 11.1 Å². The van der Waals surface area contributed by atoms with Gasteiger partial charge in [-0.1, -0.05) is 18.2 Å².